The highest BCUT2D eigenvalue weighted by molar-refractivity contribution is 5.94. The molecular weight excluding hydrogens is 364 g/mol. The number of rotatable bonds is 6. The molecule has 0 aromatic heterocycles. The van der Waals surface area contributed by atoms with Crippen LogP contribution in [0.5, 0.6) is 23.0 Å². The topological polar surface area (TPSA) is 95.1 Å². The van der Waals surface area contributed by atoms with Crippen LogP contribution in [0.3, 0.4) is 0 Å². The zero-order chi connectivity index (χ0) is 19.3. The molecule has 2 aromatic rings. The molecule has 0 fully saturated rings. The first-order chi connectivity index (χ1) is 13.7. The van der Waals surface area contributed by atoms with Crippen LogP contribution in [0.2, 0.25) is 0 Å². The van der Waals surface area contributed by atoms with Gasteiger partial charge in [-0.15, -0.1) is 0 Å². The molecule has 0 saturated carbocycles. The summed E-state index contributed by atoms with van der Waals surface area (Å²) in [4.78, 5) is 24.1. The molecule has 0 bridgehead atoms. The van der Waals surface area contributed by atoms with E-state index in [-0.39, 0.29) is 31.6 Å². The van der Waals surface area contributed by atoms with Crippen LogP contribution >= 0.6 is 0 Å². The van der Waals surface area contributed by atoms with Crippen LogP contribution in [-0.4, -0.2) is 38.4 Å². The highest BCUT2D eigenvalue weighted by atomic mass is 16.7. The van der Waals surface area contributed by atoms with Crippen LogP contribution in [0.4, 0.5) is 5.69 Å². The highest BCUT2D eigenvalue weighted by Gasteiger charge is 2.15. The van der Waals surface area contributed by atoms with Gasteiger partial charge in [-0.2, -0.15) is 0 Å². The second kappa shape index (κ2) is 8.08. The number of benzene rings is 2. The summed E-state index contributed by atoms with van der Waals surface area (Å²) < 4.78 is 21.5. The van der Waals surface area contributed by atoms with Gasteiger partial charge in [0, 0.05) is 18.2 Å². The van der Waals surface area contributed by atoms with Crippen LogP contribution in [0.25, 0.3) is 0 Å². The average Bonchev–Trinajstić information content (AvgIpc) is 3.18. The lowest BCUT2D eigenvalue weighted by atomic mass is 10.1. The fraction of sp³-hybridized carbons (Fsp3) is 0.300. The molecule has 2 heterocycles. The van der Waals surface area contributed by atoms with Crippen molar-refractivity contribution in [2.75, 3.05) is 31.9 Å². The smallest absolute Gasteiger partial charge is 0.243 e. The van der Waals surface area contributed by atoms with E-state index in [1.54, 1.807) is 18.2 Å². The van der Waals surface area contributed by atoms with E-state index >= 15 is 0 Å². The predicted octanol–water partition coefficient (Wildman–Crippen LogP) is 1.87. The van der Waals surface area contributed by atoms with Crippen molar-refractivity contribution in [3.05, 3.63) is 42.0 Å². The summed E-state index contributed by atoms with van der Waals surface area (Å²) in [5, 5.41) is 5.35. The largest absolute Gasteiger partial charge is 0.486 e. The Kier molecular flexibility index (Phi) is 5.18. The Bertz CT molecular complexity index is 898. The van der Waals surface area contributed by atoms with Crippen molar-refractivity contribution in [2.45, 2.75) is 12.8 Å². The van der Waals surface area contributed by atoms with Crippen molar-refractivity contribution in [2.24, 2.45) is 0 Å². The summed E-state index contributed by atoms with van der Waals surface area (Å²) in [7, 11) is 0. The molecule has 2 N–H and O–H groups in total. The van der Waals surface area contributed by atoms with Crippen molar-refractivity contribution in [1.29, 1.82) is 0 Å². The van der Waals surface area contributed by atoms with Gasteiger partial charge in [0.15, 0.2) is 23.0 Å². The van der Waals surface area contributed by atoms with Crippen LogP contribution < -0.4 is 29.6 Å². The first kappa shape index (κ1) is 18.0. The van der Waals surface area contributed by atoms with E-state index < -0.39 is 0 Å². The van der Waals surface area contributed by atoms with Gasteiger partial charge in [0.25, 0.3) is 0 Å². The van der Waals surface area contributed by atoms with Gasteiger partial charge in [0.1, 0.15) is 13.2 Å². The molecule has 28 heavy (non-hydrogen) atoms. The third-order valence-corrected chi connectivity index (χ3v) is 4.35. The number of hydrogen-bond acceptors (Lipinski definition) is 6. The number of ether oxygens (including phenoxy) is 4. The quantitative estimate of drug-likeness (QED) is 0.790. The average molecular weight is 384 g/mol. The Hall–Kier alpha value is -3.42. The van der Waals surface area contributed by atoms with Crippen molar-refractivity contribution < 1.29 is 28.5 Å². The Balaban J connectivity index is 1.21. The third-order valence-electron chi connectivity index (χ3n) is 4.35. The number of carbonyl (C=O) groups excluding carboxylic acids is 2. The second-order valence-corrected chi connectivity index (χ2v) is 6.37. The van der Waals surface area contributed by atoms with E-state index in [2.05, 4.69) is 10.6 Å². The monoisotopic (exact) mass is 384 g/mol. The lowest BCUT2D eigenvalue weighted by molar-refractivity contribution is -0.124. The molecule has 0 aliphatic carbocycles. The summed E-state index contributed by atoms with van der Waals surface area (Å²) in [6, 6.07) is 10.8. The van der Waals surface area contributed by atoms with Gasteiger partial charge in [0.05, 0.1) is 6.54 Å². The van der Waals surface area contributed by atoms with Gasteiger partial charge in [0.2, 0.25) is 18.6 Å². The molecule has 0 saturated heterocycles. The molecule has 8 heteroatoms. The summed E-state index contributed by atoms with van der Waals surface area (Å²) in [6.45, 7) is 1.10. The van der Waals surface area contributed by atoms with Gasteiger partial charge in [-0.05, 0) is 36.2 Å². The molecule has 2 aliphatic rings. The number of nitrogens with one attached hydrogen (secondary N) is 2. The lowest BCUT2D eigenvalue weighted by Gasteiger charge is -2.19. The van der Waals surface area contributed by atoms with E-state index in [9.17, 15) is 9.59 Å². The van der Waals surface area contributed by atoms with E-state index in [1.807, 2.05) is 18.2 Å². The SMILES string of the molecule is O=C(CCc1ccc2c(c1)OCO2)NCC(=O)Nc1ccc2c(c1)OCCO2. The van der Waals surface area contributed by atoms with E-state index in [0.29, 0.717) is 48.3 Å². The molecule has 2 amide bonds. The standard InChI is InChI=1S/C20H20N2O6/c23-19(6-2-13-1-4-16-17(9-13)28-12-27-16)21-11-20(24)22-14-3-5-15-18(10-14)26-8-7-25-15/h1,3-5,9-10H,2,6-8,11-12H2,(H,21,23)(H,22,24). The van der Waals surface area contributed by atoms with Crippen molar-refractivity contribution in [3.8, 4) is 23.0 Å². The molecule has 4 rings (SSSR count). The van der Waals surface area contributed by atoms with Gasteiger partial charge in [-0.3, -0.25) is 9.59 Å². The summed E-state index contributed by atoms with van der Waals surface area (Å²) in [5.41, 5.74) is 1.56. The van der Waals surface area contributed by atoms with Gasteiger partial charge >= 0.3 is 0 Å². The fourth-order valence-electron chi connectivity index (χ4n) is 2.95. The first-order valence-corrected chi connectivity index (χ1v) is 9.02. The van der Waals surface area contributed by atoms with Crippen molar-refractivity contribution in [3.63, 3.8) is 0 Å². The Labute approximate surface area is 161 Å². The fourth-order valence-corrected chi connectivity index (χ4v) is 2.95. The summed E-state index contributed by atoms with van der Waals surface area (Å²) in [6.07, 6.45) is 0.823. The molecule has 0 radical (unpaired) electrons. The predicted molar refractivity (Wildman–Crippen MR) is 100.0 cm³/mol. The molecule has 2 aliphatic heterocycles. The van der Waals surface area contributed by atoms with Crippen LogP contribution in [0.1, 0.15) is 12.0 Å². The van der Waals surface area contributed by atoms with E-state index in [4.69, 9.17) is 18.9 Å². The second-order valence-electron chi connectivity index (χ2n) is 6.37. The first-order valence-electron chi connectivity index (χ1n) is 9.02. The number of amides is 2. The Morgan fingerprint density at radius 1 is 0.821 bits per heavy atom. The van der Waals surface area contributed by atoms with Crippen molar-refractivity contribution in [1.82, 2.24) is 5.32 Å². The Morgan fingerprint density at radius 2 is 1.54 bits per heavy atom. The normalized spacial score (nSPS) is 13.7. The zero-order valence-electron chi connectivity index (χ0n) is 15.2. The lowest BCUT2D eigenvalue weighted by Crippen LogP contribution is -2.33. The number of hydrogen-bond donors (Lipinski definition) is 2. The molecule has 146 valence electrons. The van der Waals surface area contributed by atoms with Crippen molar-refractivity contribution >= 4 is 17.5 Å². The Morgan fingerprint density at radius 3 is 2.43 bits per heavy atom. The van der Waals surface area contributed by atoms with Crippen LogP contribution in [0.15, 0.2) is 36.4 Å². The number of carbonyl (C=O) groups is 2. The van der Waals surface area contributed by atoms with E-state index in [1.165, 1.54) is 0 Å². The molecule has 0 atom stereocenters. The molecule has 0 spiro atoms. The van der Waals surface area contributed by atoms with Gasteiger partial charge < -0.3 is 29.6 Å². The third kappa shape index (κ3) is 4.28. The van der Waals surface area contributed by atoms with Crippen LogP contribution in [-0.2, 0) is 16.0 Å². The van der Waals surface area contributed by atoms with Gasteiger partial charge in [-0.1, -0.05) is 6.07 Å². The summed E-state index contributed by atoms with van der Waals surface area (Å²) in [5.74, 6) is 2.14. The molecule has 2 aromatic carbocycles. The zero-order valence-corrected chi connectivity index (χ0v) is 15.2. The number of anilines is 1. The van der Waals surface area contributed by atoms with Crippen LogP contribution in [0, 0.1) is 0 Å². The number of aryl methyl sites for hydroxylation is 1. The minimum atomic E-state index is -0.312. The maximum absolute atomic E-state index is 12.1. The van der Waals surface area contributed by atoms with E-state index in [0.717, 1.165) is 5.56 Å². The number of fused-ring (bicyclic) bond motifs is 2. The van der Waals surface area contributed by atoms with Gasteiger partial charge in [-0.25, -0.2) is 0 Å². The minimum Gasteiger partial charge on any atom is -0.486 e. The summed E-state index contributed by atoms with van der Waals surface area (Å²) >= 11 is 0. The molecule has 8 nitrogen and oxygen atoms in total. The molecule has 0 unspecified atom stereocenters. The minimum absolute atomic E-state index is 0.103. The highest BCUT2D eigenvalue weighted by Crippen LogP contribution is 2.33. The maximum atomic E-state index is 12.1. The maximum Gasteiger partial charge on any atom is 0.243 e. The molecular formula is C20H20N2O6.